The summed E-state index contributed by atoms with van der Waals surface area (Å²) in [6.07, 6.45) is 0.857. The normalized spacial score (nSPS) is 17.4. The topological polar surface area (TPSA) is 76.4 Å². The summed E-state index contributed by atoms with van der Waals surface area (Å²) in [5, 5.41) is 5.64. The largest absolute Gasteiger partial charge is 0.379 e. The molecule has 1 aromatic rings. The molecule has 0 bridgehead atoms. The molecule has 1 aliphatic rings. The molecule has 100 valence electrons. The Kier molecular flexibility index (Phi) is 4.78. The van der Waals surface area contributed by atoms with Gasteiger partial charge in [-0.1, -0.05) is 17.9 Å². The zero-order valence-corrected chi connectivity index (χ0v) is 10.6. The third-order valence-corrected chi connectivity index (χ3v) is 2.72. The van der Waals surface area contributed by atoms with Gasteiger partial charge in [0.05, 0.1) is 19.2 Å². The number of anilines is 1. The first-order valence-electron chi connectivity index (χ1n) is 6.22. The minimum absolute atomic E-state index is 0.0974. The van der Waals surface area contributed by atoms with Gasteiger partial charge in [-0.2, -0.15) is 0 Å². The summed E-state index contributed by atoms with van der Waals surface area (Å²) < 4.78 is 5.20. The minimum Gasteiger partial charge on any atom is -0.379 e. The standard InChI is InChI=1S/C14H17N3O2/c15-7-2-4-11-3-1-5-12(9-11)16-14(18)17-13-6-8-19-10-13/h1,3,5,9,13H,6-8,10,15H2,(H2,16,17,18). The van der Waals surface area contributed by atoms with Gasteiger partial charge in [-0.15, -0.1) is 0 Å². The number of benzene rings is 1. The van der Waals surface area contributed by atoms with E-state index in [1.165, 1.54) is 0 Å². The summed E-state index contributed by atoms with van der Waals surface area (Å²) in [5.41, 5.74) is 6.86. The van der Waals surface area contributed by atoms with Crippen molar-refractivity contribution in [1.82, 2.24) is 5.32 Å². The molecule has 1 fully saturated rings. The first-order chi connectivity index (χ1) is 9.28. The molecule has 5 nitrogen and oxygen atoms in total. The number of carbonyl (C=O) groups excluding carboxylic acids is 1. The first kappa shape index (κ1) is 13.4. The fraction of sp³-hybridized carbons (Fsp3) is 0.357. The van der Waals surface area contributed by atoms with Crippen LogP contribution in [0.1, 0.15) is 12.0 Å². The van der Waals surface area contributed by atoms with Gasteiger partial charge in [0.25, 0.3) is 0 Å². The molecule has 0 aliphatic carbocycles. The summed E-state index contributed by atoms with van der Waals surface area (Å²) >= 11 is 0. The lowest BCUT2D eigenvalue weighted by Gasteiger charge is -2.11. The van der Waals surface area contributed by atoms with Crippen molar-refractivity contribution in [3.05, 3.63) is 29.8 Å². The molecule has 1 unspecified atom stereocenters. The Morgan fingerprint density at radius 1 is 1.53 bits per heavy atom. The van der Waals surface area contributed by atoms with E-state index in [1.807, 2.05) is 24.3 Å². The second-order valence-electron chi connectivity index (χ2n) is 4.25. The van der Waals surface area contributed by atoms with Gasteiger partial charge in [0.2, 0.25) is 0 Å². The summed E-state index contributed by atoms with van der Waals surface area (Å²) in [6.45, 7) is 1.60. The maximum atomic E-state index is 11.8. The van der Waals surface area contributed by atoms with Crippen molar-refractivity contribution >= 4 is 11.7 Å². The van der Waals surface area contributed by atoms with Gasteiger partial charge in [0.15, 0.2) is 0 Å². The van der Waals surface area contributed by atoms with Crippen molar-refractivity contribution < 1.29 is 9.53 Å². The van der Waals surface area contributed by atoms with E-state index in [0.29, 0.717) is 25.4 Å². The smallest absolute Gasteiger partial charge is 0.319 e. The van der Waals surface area contributed by atoms with Crippen LogP contribution in [0.4, 0.5) is 10.5 Å². The van der Waals surface area contributed by atoms with Crippen LogP contribution in [-0.2, 0) is 4.74 Å². The van der Waals surface area contributed by atoms with Crippen molar-refractivity contribution in [1.29, 1.82) is 0 Å². The van der Waals surface area contributed by atoms with Gasteiger partial charge in [-0.25, -0.2) is 4.79 Å². The minimum atomic E-state index is -0.223. The number of rotatable bonds is 2. The lowest BCUT2D eigenvalue weighted by molar-refractivity contribution is 0.189. The zero-order chi connectivity index (χ0) is 13.5. The van der Waals surface area contributed by atoms with E-state index >= 15 is 0 Å². The zero-order valence-electron chi connectivity index (χ0n) is 10.6. The number of amides is 2. The van der Waals surface area contributed by atoms with E-state index in [0.717, 1.165) is 12.0 Å². The summed E-state index contributed by atoms with van der Waals surface area (Å²) in [7, 11) is 0. The van der Waals surface area contributed by atoms with Crippen LogP contribution in [0.5, 0.6) is 0 Å². The molecule has 0 spiro atoms. The van der Waals surface area contributed by atoms with Crippen LogP contribution in [0.2, 0.25) is 0 Å². The van der Waals surface area contributed by atoms with Gasteiger partial charge in [-0.3, -0.25) is 0 Å². The molecule has 1 atom stereocenters. The summed E-state index contributed by atoms with van der Waals surface area (Å²) in [4.78, 5) is 11.8. The maximum Gasteiger partial charge on any atom is 0.319 e. The maximum absolute atomic E-state index is 11.8. The highest BCUT2D eigenvalue weighted by molar-refractivity contribution is 5.89. The Labute approximate surface area is 112 Å². The highest BCUT2D eigenvalue weighted by Gasteiger charge is 2.17. The molecule has 0 saturated carbocycles. The fourth-order valence-corrected chi connectivity index (χ4v) is 1.83. The van der Waals surface area contributed by atoms with Crippen LogP contribution in [-0.4, -0.2) is 31.8 Å². The van der Waals surface area contributed by atoms with Crippen LogP contribution < -0.4 is 16.4 Å². The van der Waals surface area contributed by atoms with Crippen molar-refractivity contribution in [3.63, 3.8) is 0 Å². The Morgan fingerprint density at radius 3 is 3.16 bits per heavy atom. The summed E-state index contributed by atoms with van der Waals surface area (Å²) in [6, 6.07) is 7.22. The van der Waals surface area contributed by atoms with Crippen LogP contribution in [0, 0.1) is 11.8 Å². The molecule has 1 aliphatic heterocycles. The van der Waals surface area contributed by atoms with Crippen molar-refractivity contribution in [2.75, 3.05) is 25.1 Å². The van der Waals surface area contributed by atoms with E-state index in [1.54, 1.807) is 0 Å². The number of ether oxygens (including phenoxy) is 1. The van der Waals surface area contributed by atoms with Crippen molar-refractivity contribution in [3.8, 4) is 11.8 Å². The Hall–Kier alpha value is -2.03. The lowest BCUT2D eigenvalue weighted by Crippen LogP contribution is -2.38. The molecule has 2 amide bonds. The Bertz CT molecular complexity index is 499. The second-order valence-corrected chi connectivity index (χ2v) is 4.25. The van der Waals surface area contributed by atoms with E-state index in [-0.39, 0.29) is 12.1 Å². The Balaban J connectivity index is 1.92. The van der Waals surface area contributed by atoms with Crippen molar-refractivity contribution in [2.45, 2.75) is 12.5 Å². The van der Waals surface area contributed by atoms with Gasteiger partial charge in [0.1, 0.15) is 0 Å². The second kappa shape index (κ2) is 6.78. The molecular weight excluding hydrogens is 242 g/mol. The number of hydrogen-bond donors (Lipinski definition) is 3. The van der Waals surface area contributed by atoms with Crippen LogP contribution in [0.3, 0.4) is 0 Å². The fourth-order valence-electron chi connectivity index (χ4n) is 1.83. The summed E-state index contributed by atoms with van der Waals surface area (Å²) in [5.74, 6) is 5.70. The molecule has 0 radical (unpaired) electrons. The highest BCUT2D eigenvalue weighted by atomic mass is 16.5. The van der Waals surface area contributed by atoms with Crippen molar-refractivity contribution in [2.24, 2.45) is 5.73 Å². The molecule has 0 aromatic heterocycles. The predicted octanol–water partition coefficient (Wildman–Crippen LogP) is 0.907. The third-order valence-electron chi connectivity index (χ3n) is 2.72. The van der Waals surface area contributed by atoms with Gasteiger partial charge in [-0.05, 0) is 24.6 Å². The molecule has 1 heterocycles. The monoisotopic (exact) mass is 259 g/mol. The van der Waals surface area contributed by atoms with Crippen LogP contribution in [0.15, 0.2) is 24.3 Å². The molecule has 19 heavy (non-hydrogen) atoms. The van der Waals surface area contributed by atoms with Gasteiger partial charge < -0.3 is 21.1 Å². The molecule has 1 saturated heterocycles. The van der Waals surface area contributed by atoms with E-state index in [2.05, 4.69) is 22.5 Å². The van der Waals surface area contributed by atoms with E-state index < -0.39 is 0 Å². The molecule has 5 heteroatoms. The van der Waals surface area contributed by atoms with Gasteiger partial charge in [0, 0.05) is 17.9 Å². The Morgan fingerprint density at radius 2 is 2.42 bits per heavy atom. The SMILES string of the molecule is NCC#Cc1cccc(NC(=O)NC2CCOC2)c1. The lowest BCUT2D eigenvalue weighted by atomic mass is 10.2. The molecule has 1 aromatic carbocycles. The van der Waals surface area contributed by atoms with E-state index in [4.69, 9.17) is 10.5 Å². The number of urea groups is 1. The predicted molar refractivity (Wildman–Crippen MR) is 73.8 cm³/mol. The average Bonchev–Trinajstić information content (AvgIpc) is 2.89. The number of carbonyl (C=O) groups is 1. The molecule has 4 N–H and O–H groups in total. The first-order valence-corrected chi connectivity index (χ1v) is 6.22. The highest BCUT2D eigenvalue weighted by Crippen LogP contribution is 2.10. The third kappa shape index (κ3) is 4.28. The van der Waals surface area contributed by atoms with Crippen LogP contribution >= 0.6 is 0 Å². The number of nitrogens with two attached hydrogens (primary N) is 1. The quantitative estimate of drug-likeness (QED) is 0.691. The molecular formula is C14H17N3O2. The van der Waals surface area contributed by atoms with Crippen LogP contribution in [0.25, 0.3) is 0 Å². The number of hydrogen-bond acceptors (Lipinski definition) is 3. The van der Waals surface area contributed by atoms with E-state index in [9.17, 15) is 4.79 Å². The number of nitrogens with one attached hydrogen (secondary N) is 2. The average molecular weight is 259 g/mol. The van der Waals surface area contributed by atoms with Gasteiger partial charge >= 0.3 is 6.03 Å². The molecule has 2 rings (SSSR count).